The topological polar surface area (TPSA) is 25.2 Å². The van der Waals surface area contributed by atoms with Gasteiger partial charge in [0.05, 0.1) is 6.10 Å². The molecule has 0 aliphatic heterocycles. The van der Waals surface area contributed by atoms with Gasteiger partial charge in [-0.25, -0.2) is 4.39 Å². The van der Waals surface area contributed by atoms with Crippen molar-refractivity contribution in [2.75, 3.05) is 0 Å². The maximum absolute atomic E-state index is 13.8. The van der Waals surface area contributed by atoms with E-state index >= 15 is 0 Å². The van der Waals surface area contributed by atoms with Crippen molar-refractivity contribution < 1.29 is 9.50 Å². The molecule has 0 saturated carbocycles. The molecule has 0 radical (unpaired) electrons. The molecule has 1 aromatic carbocycles. The third-order valence-corrected chi connectivity index (χ3v) is 4.21. The Morgan fingerprint density at radius 1 is 1.30 bits per heavy atom. The first-order chi connectivity index (χ1) is 9.37. The highest BCUT2D eigenvalue weighted by Gasteiger charge is 2.33. The van der Waals surface area contributed by atoms with E-state index in [2.05, 4.69) is 13.8 Å². The van der Waals surface area contributed by atoms with Crippen LogP contribution in [0.3, 0.4) is 0 Å². The first-order valence-electron chi connectivity index (χ1n) is 7.02. The highest BCUT2D eigenvalue weighted by molar-refractivity contribution is 5.42. The Labute approximate surface area is 118 Å². The molecule has 1 aliphatic carbocycles. The Morgan fingerprint density at radius 3 is 2.75 bits per heavy atom. The summed E-state index contributed by atoms with van der Waals surface area (Å²) >= 11 is 0. The van der Waals surface area contributed by atoms with E-state index in [0.717, 1.165) is 29.8 Å². The number of rotatable bonds is 1. The molecule has 20 heavy (non-hydrogen) atoms. The average molecular weight is 273 g/mol. The van der Waals surface area contributed by atoms with Crippen molar-refractivity contribution in [3.05, 3.63) is 53.1 Å². The van der Waals surface area contributed by atoms with Gasteiger partial charge in [0.1, 0.15) is 5.82 Å². The van der Waals surface area contributed by atoms with Crippen LogP contribution in [0.5, 0.6) is 0 Å². The number of fused-ring (bicyclic) bond motifs is 1. The van der Waals surface area contributed by atoms with Crippen molar-refractivity contribution in [2.45, 2.75) is 39.7 Å². The Morgan fingerprint density at radius 2 is 2.05 bits per heavy atom. The van der Waals surface area contributed by atoms with E-state index in [4.69, 9.17) is 0 Å². The molecule has 2 nitrogen and oxygen atoms in total. The van der Waals surface area contributed by atoms with Crippen LogP contribution in [0.1, 0.15) is 43.2 Å². The first kappa shape index (κ1) is 13.4. The van der Waals surface area contributed by atoms with E-state index in [9.17, 15) is 9.50 Å². The zero-order valence-corrected chi connectivity index (χ0v) is 12.2. The lowest BCUT2D eigenvalue weighted by atomic mass is 9.75. The predicted octanol–water partition coefficient (Wildman–Crippen LogP) is 3.93. The van der Waals surface area contributed by atoms with Crippen LogP contribution in [0.15, 0.2) is 30.5 Å². The Kier molecular flexibility index (Phi) is 2.98. The summed E-state index contributed by atoms with van der Waals surface area (Å²) in [5.74, 6) is -0.194. The van der Waals surface area contributed by atoms with E-state index < -0.39 is 6.10 Å². The lowest BCUT2D eigenvalue weighted by Gasteiger charge is -2.34. The minimum atomic E-state index is -0.426. The van der Waals surface area contributed by atoms with Crippen LogP contribution in [0.2, 0.25) is 0 Å². The third-order valence-electron chi connectivity index (χ3n) is 4.21. The zero-order chi connectivity index (χ0) is 14.5. The molecule has 1 aromatic heterocycles. The molecule has 3 heteroatoms. The number of aromatic nitrogens is 1. The number of aryl methyl sites for hydroxylation is 1. The van der Waals surface area contributed by atoms with Crippen LogP contribution in [-0.4, -0.2) is 9.67 Å². The van der Waals surface area contributed by atoms with Gasteiger partial charge in [-0.2, -0.15) is 0 Å². The number of halogens is 1. The van der Waals surface area contributed by atoms with Gasteiger partial charge in [-0.1, -0.05) is 19.9 Å². The van der Waals surface area contributed by atoms with Crippen molar-refractivity contribution in [1.82, 2.24) is 4.57 Å². The minimum Gasteiger partial charge on any atom is -0.388 e. The van der Waals surface area contributed by atoms with Crippen molar-refractivity contribution >= 4 is 0 Å². The van der Waals surface area contributed by atoms with Crippen molar-refractivity contribution in [2.24, 2.45) is 5.41 Å². The molecule has 2 aromatic rings. The van der Waals surface area contributed by atoms with E-state index in [1.807, 2.05) is 22.9 Å². The Hall–Kier alpha value is -1.61. The van der Waals surface area contributed by atoms with Gasteiger partial charge < -0.3 is 9.67 Å². The molecule has 1 unspecified atom stereocenters. The monoisotopic (exact) mass is 273 g/mol. The zero-order valence-electron chi connectivity index (χ0n) is 12.2. The van der Waals surface area contributed by atoms with Crippen LogP contribution in [0, 0.1) is 18.2 Å². The molecule has 0 bridgehead atoms. The molecule has 1 N–H and O–H groups in total. The van der Waals surface area contributed by atoms with Gasteiger partial charge in [0.15, 0.2) is 0 Å². The predicted molar refractivity (Wildman–Crippen MR) is 77.5 cm³/mol. The van der Waals surface area contributed by atoms with E-state index in [0.29, 0.717) is 5.56 Å². The van der Waals surface area contributed by atoms with Crippen LogP contribution in [0.4, 0.5) is 4.39 Å². The van der Waals surface area contributed by atoms with Gasteiger partial charge in [-0.15, -0.1) is 0 Å². The number of benzene rings is 1. The number of aliphatic hydroxyl groups excluding tert-OH is 1. The Bertz CT molecular complexity index is 657. The van der Waals surface area contributed by atoms with Gasteiger partial charge in [0.2, 0.25) is 0 Å². The van der Waals surface area contributed by atoms with Gasteiger partial charge in [0.25, 0.3) is 0 Å². The summed E-state index contributed by atoms with van der Waals surface area (Å²) in [4.78, 5) is 0. The van der Waals surface area contributed by atoms with E-state index in [1.54, 1.807) is 19.1 Å². The second kappa shape index (κ2) is 4.45. The Balaban J connectivity index is 2.10. The van der Waals surface area contributed by atoms with Crippen LogP contribution >= 0.6 is 0 Å². The molecule has 0 saturated heterocycles. The second-order valence-corrected chi connectivity index (χ2v) is 6.58. The number of nitrogens with zero attached hydrogens (tertiary/aromatic N) is 1. The van der Waals surface area contributed by atoms with Gasteiger partial charge >= 0.3 is 0 Å². The summed E-state index contributed by atoms with van der Waals surface area (Å²) in [7, 11) is 0. The van der Waals surface area contributed by atoms with E-state index in [-0.39, 0.29) is 11.2 Å². The smallest absolute Gasteiger partial charge is 0.128 e. The largest absolute Gasteiger partial charge is 0.388 e. The lowest BCUT2D eigenvalue weighted by molar-refractivity contribution is 0.0987. The normalized spacial score (nSPS) is 20.8. The standard InChI is InChI=1S/C17H20FNO/c1-11-4-5-12(8-14(11)18)19-7-6-13-15(19)9-17(2,3)10-16(13)20/h4-8,16,20H,9-10H2,1-3H3. The summed E-state index contributed by atoms with van der Waals surface area (Å²) in [5, 5.41) is 10.3. The van der Waals surface area contributed by atoms with Crippen molar-refractivity contribution in [3.63, 3.8) is 0 Å². The molecule has 3 rings (SSSR count). The molecule has 1 aliphatic rings. The summed E-state index contributed by atoms with van der Waals surface area (Å²) in [6, 6.07) is 7.23. The summed E-state index contributed by atoms with van der Waals surface area (Å²) in [6.07, 6.45) is 3.17. The van der Waals surface area contributed by atoms with Gasteiger partial charge in [-0.3, -0.25) is 0 Å². The molecule has 106 valence electrons. The maximum atomic E-state index is 13.8. The fraction of sp³-hybridized carbons (Fsp3) is 0.412. The molecule has 0 fully saturated rings. The molecule has 0 amide bonds. The average Bonchev–Trinajstić information content (AvgIpc) is 2.75. The second-order valence-electron chi connectivity index (χ2n) is 6.58. The quantitative estimate of drug-likeness (QED) is 0.836. The lowest BCUT2D eigenvalue weighted by Crippen LogP contribution is -2.26. The van der Waals surface area contributed by atoms with Gasteiger partial charge in [0, 0.05) is 23.1 Å². The molecular weight excluding hydrogens is 253 g/mol. The van der Waals surface area contributed by atoms with Crippen LogP contribution in [-0.2, 0) is 6.42 Å². The van der Waals surface area contributed by atoms with Crippen molar-refractivity contribution in [3.8, 4) is 5.69 Å². The molecular formula is C17H20FNO. The third kappa shape index (κ3) is 2.16. The number of hydrogen-bond donors (Lipinski definition) is 1. The first-order valence-corrected chi connectivity index (χ1v) is 7.02. The molecule has 1 heterocycles. The highest BCUT2D eigenvalue weighted by Crippen LogP contribution is 2.41. The van der Waals surface area contributed by atoms with Crippen LogP contribution in [0.25, 0.3) is 5.69 Å². The highest BCUT2D eigenvalue weighted by atomic mass is 19.1. The van der Waals surface area contributed by atoms with E-state index in [1.165, 1.54) is 0 Å². The minimum absolute atomic E-state index is 0.0613. The summed E-state index contributed by atoms with van der Waals surface area (Å²) in [5.41, 5.74) is 3.60. The molecule has 0 spiro atoms. The number of aliphatic hydroxyl groups is 1. The number of hydrogen-bond acceptors (Lipinski definition) is 1. The fourth-order valence-electron chi connectivity index (χ4n) is 3.10. The van der Waals surface area contributed by atoms with Crippen LogP contribution < -0.4 is 0 Å². The maximum Gasteiger partial charge on any atom is 0.128 e. The molecule has 1 atom stereocenters. The van der Waals surface area contributed by atoms with Crippen molar-refractivity contribution in [1.29, 1.82) is 0 Å². The summed E-state index contributed by atoms with van der Waals surface area (Å²) in [6.45, 7) is 6.08. The summed E-state index contributed by atoms with van der Waals surface area (Å²) < 4.78 is 15.8. The SMILES string of the molecule is Cc1ccc(-n2ccc3c2CC(C)(C)CC3O)cc1F. The fourth-order valence-corrected chi connectivity index (χ4v) is 3.10. The van der Waals surface area contributed by atoms with Gasteiger partial charge in [-0.05, 0) is 48.9 Å².